The summed E-state index contributed by atoms with van der Waals surface area (Å²) in [6, 6.07) is 2.01. The Balaban J connectivity index is 2.73. The van der Waals surface area contributed by atoms with Gasteiger partial charge in [0.15, 0.2) is 0 Å². The highest BCUT2D eigenvalue weighted by atomic mass is 32.2. The first-order valence-corrected chi connectivity index (χ1v) is 6.88. The molecule has 0 amide bonds. The highest BCUT2D eigenvalue weighted by molar-refractivity contribution is 7.99. The van der Waals surface area contributed by atoms with Crippen LogP contribution in [0.5, 0.6) is 0 Å². The minimum absolute atomic E-state index is 0.240. The number of esters is 1. The smallest absolute Gasteiger partial charge is 0.326 e. The predicted molar refractivity (Wildman–Crippen MR) is 72.8 cm³/mol. The number of hydrogen-bond acceptors (Lipinski definition) is 5. The number of rotatable bonds is 6. The van der Waals surface area contributed by atoms with Crippen LogP contribution in [-0.4, -0.2) is 40.7 Å². The highest BCUT2D eigenvalue weighted by Gasteiger charge is 2.33. The topological polar surface area (TPSA) is 56.2 Å². The summed E-state index contributed by atoms with van der Waals surface area (Å²) in [4.78, 5) is 11.8. The molecule has 1 atom stereocenters. The molecular weight excluding hydrogens is 250 g/mol. The molecule has 0 aromatic carbocycles. The van der Waals surface area contributed by atoms with Crippen LogP contribution in [0.2, 0.25) is 0 Å². The number of carbonyl (C=O) groups excluding carboxylic acids is 1. The number of nitrogens with one attached hydrogen (secondary N) is 1. The fourth-order valence-electron chi connectivity index (χ4n) is 1.74. The van der Waals surface area contributed by atoms with E-state index in [9.17, 15) is 4.79 Å². The van der Waals surface area contributed by atoms with Gasteiger partial charge in [-0.1, -0.05) is 6.92 Å². The maximum absolute atomic E-state index is 11.8. The number of nitrogens with zero attached hydrogens (tertiary/aromatic N) is 2. The normalized spacial score (nSPS) is 14.3. The Kier molecular flexibility index (Phi) is 5.22. The van der Waals surface area contributed by atoms with E-state index < -0.39 is 5.54 Å². The zero-order valence-electron chi connectivity index (χ0n) is 11.6. The van der Waals surface area contributed by atoms with Crippen LogP contribution in [0.15, 0.2) is 11.1 Å². The molecule has 102 valence electrons. The maximum atomic E-state index is 11.8. The van der Waals surface area contributed by atoms with Crippen LogP contribution in [0.1, 0.15) is 19.5 Å². The zero-order valence-corrected chi connectivity index (χ0v) is 12.4. The fraction of sp³-hybridized carbons (Fsp3) is 0.667. The standard InChI is InChI=1S/C12H21N3O2S/c1-6-13-12(3,11(16)17-5)8-18-10-7-9(2)14-15(10)4/h7,13H,6,8H2,1-5H3. The molecule has 0 bridgehead atoms. The van der Waals surface area contributed by atoms with E-state index in [0.29, 0.717) is 5.75 Å². The van der Waals surface area contributed by atoms with Crippen molar-refractivity contribution in [2.24, 2.45) is 7.05 Å². The predicted octanol–water partition coefficient (Wildman–Crippen LogP) is 1.36. The lowest BCUT2D eigenvalue weighted by molar-refractivity contribution is -0.146. The molecule has 1 N–H and O–H groups in total. The molecule has 0 radical (unpaired) electrons. The van der Waals surface area contributed by atoms with Gasteiger partial charge in [0, 0.05) is 12.8 Å². The minimum Gasteiger partial charge on any atom is -0.468 e. The first-order valence-electron chi connectivity index (χ1n) is 5.90. The zero-order chi connectivity index (χ0) is 13.8. The third-order valence-corrected chi connectivity index (χ3v) is 4.07. The van der Waals surface area contributed by atoms with Gasteiger partial charge in [0.2, 0.25) is 0 Å². The van der Waals surface area contributed by atoms with E-state index in [0.717, 1.165) is 17.3 Å². The second kappa shape index (κ2) is 6.24. The van der Waals surface area contributed by atoms with Gasteiger partial charge in [-0.25, -0.2) is 0 Å². The molecular formula is C12H21N3O2S. The molecule has 0 fully saturated rings. The lowest BCUT2D eigenvalue weighted by Crippen LogP contribution is -2.52. The summed E-state index contributed by atoms with van der Waals surface area (Å²) in [5.74, 6) is 0.364. The van der Waals surface area contributed by atoms with E-state index in [-0.39, 0.29) is 5.97 Å². The number of ether oxygens (including phenoxy) is 1. The van der Waals surface area contributed by atoms with Gasteiger partial charge in [0.05, 0.1) is 17.8 Å². The third kappa shape index (κ3) is 3.49. The number of aryl methyl sites for hydroxylation is 2. The summed E-state index contributed by atoms with van der Waals surface area (Å²) in [5.41, 5.74) is 0.301. The number of carbonyl (C=O) groups is 1. The summed E-state index contributed by atoms with van der Waals surface area (Å²) in [5, 5.41) is 8.51. The van der Waals surface area contributed by atoms with Crippen LogP contribution < -0.4 is 5.32 Å². The molecule has 1 aromatic rings. The molecule has 1 unspecified atom stereocenters. The highest BCUT2D eigenvalue weighted by Crippen LogP contribution is 2.23. The SMILES string of the molecule is CCNC(C)(CSc1cc(C)nn1C)C(=O)OC. The number of aromatic nitrogens is 2. The van der Waals surface area contributed by atoms with Gasteiger partial charge in [0.25, 0.3) is 0 Å². The average Bonchev–Trinajstić information content (AvgIpc) is 2.64. The van der Waals surface area contributed by atoms with Crippen LogP contribution in [-0.2, 0) is 16.6 Å². The Hall–Kier alpha value is -1.01. The summed E-state index contributed by atoms with van der Waals surface area (Å²) in [6.45, 7) is 6.50. The van der Waals surface area contributed by atoms with Crippen LogP contribution in [0.4, 0.5) is 0 Å². The van der Waals surface area contributed by atoms with E-state index in [2.05, 4.69) is 10.4 Å². The van der Waals surface area contributed by atoms with Crippen molar-refractivity contribution in [3.05, 3.63) is 11.8 Å². The second-order valence-electron chi connectivity index (χ2n) is 4.39. The molecule has 0 aliphatic heterocycles. The summed E-state index contributed by atoms with van der Waals surface area (Å²) >= 11 is 1.60. The van der Waals surface area contributed by atoms with Gasteiger partial charge in [-0.05, 0) is 26.5 Å². The molecule has 0 aliphatic rings. The molecule has 5 nitrogen and oxygen atoms in total. The first kappa shape index (κ1) is 15.0. The van der Waals surface area contributed by atoms with Crippen molar-refractivity contribution in [3.63, 3.8) is 0 Å². The first-order chi connectivity index (χ1) is 8.42. The van der Waals surface area contributed by atoms with E-state index in [4.69, 9.17) is 4.74 Å². The molecule has 0 aliphatic carbocycles. The molecule has 0 saturated carbocycles. The molecule has 0 spiro atoms. The largest absolute Gasteiger partial charge is 0.468 e. The van der Waals surface area contributed by atoms with Crippen molar-refractivity contribution in [1.29, 1.82) is 0 Å². The number of methoxy groups -OCH3 is 1. The number of hydrogen-bond donors (Lipinski definition) is 1. The van der Waals surface area contributed by atoms with Crippen molar-refractivity contribution >= 4 is 17.7 Å². The van der Waals surface area contributed by atoms with Crippen molar-refractivity contribution in [2.75, 3.05) is 19.4 Å². The Morgan fingerprint density at radius 1 is 1.67 bits per heavy atom. The Morgan fingerprint density at radius 2 is 2.33 bits per heavy atom. The third-order valence-electron chi connectivity index (χ3n) is 2.67. The lowest BCUT2D eigenvalue weighted by Gasteiger charge is -2.26. The molecule has 6 heteroatoms. The van der Waals surface area contributed by atoms with Gasteiger partial charge >= 0.3 is 5.97 Å². The van der Waals surface area contributed by atoms with Gasteiger partial charge in [-0.15, -0.1) is 11.8 Å². The van der Waals surface area contributed by atoms with Crippen molar-refractivity contribution < 1.29 is 9.53 Å². The van der Waals surface area contributed by atoms with Gasteiger partial charge < -0.3 is 10.1 Å². The van der Waals surface area contributed by atoms with Crippen molar-refractivity contribution in [2.45, 2.75) is 31.3 Å². The van der Waals surface area contributed by atoms with Gasteiger partial charge in [-0.3, -0.25) is 9.48 Å². The van der Waals surface area contributed by atoms with Crippen LogP contribution in [0.25, 0.3) is 0 Å². The van der Waals surface area contributed by atoms with E-state index >= 15 is 0 Å². The molecule has 18 heavy (non-hydrogen) atoms. The number of thioether (sulfide) groups is 1. The Morgan fingerprint density at radius 3 is 2.78 bits per heavy atom. The van der Waals surface area contributed by atoms with Crippen molar-refractivity contribution in [3.8, 4) is 0 Å². The monoisotopic (exact) mass is 271 g/mol. The summed E-state index contributed by atoms with van der Waals surface area (Å²) in [7, 11) is 3.31. The second-order valence-corrected chi connectivity index (χ2v) is 5.39. The quantitative estimate of drug-likeness (QED) is 0.625. The number of likely N-dealkylation sites (N-methyl/N-ethyl adjacent to an activating group) is 1. The van der Waals surface area contributed by atoms with Crippen LogP contribution >= 0.6 is 11.8 Å². The van der Waals surface area contributed by atoms with E-state index in [1.807, 2.05) is 38.6 Å². The van der Waals surface area contributed by atoms with E-state index in [1.165, 1.54) is 7.11 Å². The van der Waals surface area contributed by atoms with Crippen molar-refractivity contribution in [1.82, 2.24) is 15.1 Å². The fourth-order valence-corrected chi connectivity index (χ4v) is 2.88. The Bertz CT molecular complexity index is 419. The molecule has 1 rings (SSSR count). The van der Waals surface area contributed by atoms with Gasteiger partial charge in [-0.2, -0.15) is 5.10 Å². The summed E-state index contributed by atoms with van der Waals surface area (Å²) in [6.07, 6.45) is 0. The summed E-state index contributed by atoms with van der Waals surface area (Å²) < 4.78 is 6.68. The van der Waals surface area contributed by atoms with E-state index in [1.54, 1.807) is 11.8 Å². The molecule has 1 aromatic heterocycles. The molecule has 1 heterocycles. The van der Waals surface area contributed by atoms with Gasteiger partial charge in [0.1, 0.15) is 5.54 Å². The van der Waals surface area contributed by atoms with Crippen LogP contribution in [0.3, 0.4) is 0 Å². The Labute approximate surface area is 112 Å². The molecule has 0 saturated heterocycles. The minimum atomic E-state index is -0.674. The lowest BCUT2D eigenvalue weighted by atomic mass is 10.1. The average molecular weight is 271 g/mol. The maximum Gasteiger partial charge on any atom is 0.326 e. The van der Waals surface area contributed by atoms with Crippen LogP contribution in [0, 0.1) is 6.92 Å².